The number of aliphatic carboxylic acids is 1. The highest BCUT2D eigenvalue weighted by atomic mass is 32.1. The molecule has 0 bridgehead atoms. The fourth-order valence-electron chi connectivity index (χ4n) is 2.26. The van der Waals surface area contributed by atoms with Crippen LogP contribution in [0.4, 0.5) is 0 Å². The Kier molecular flexibility index (Phi) is 5.13. The molecule has 1 saturated heterocycles. The Morgan fingerprint density at radius 3 is 2.72 bits per heavy atom. The maximum Gasteiger partial charge on any atom is 0.303 e. The van der Waals surface area contributed by atoms with Crippen molar-refractivity contribution in [2.24, 2.45) is 0 Å². The minimum atomic E-state index is -0.753. The van der Waals surface area contributed by atoms with Crippen LogP contribution >= 0.6 is 11.3 Å². The van der Waals surface area contributed by atoms with Gasteiger partial charge in [-0.05, 0) is 25.9 Å². The van der Waals surface area contributed by atoms with E-state index >= 15 is 0 Å². The van der Waals surface area contributed by atoms with Gasteiger partial charge in [-0.25, -0.2) is 4.98 Å². The lowest BCUT2D eigenvalue weighted by Gasteiger charge is -2.17. The van der Waals surface area contributed by atoms with E-state index in [1.165, 1.54) is 38.8 Å². The third-order valence-corrected chi connectivity index (χ3v) is 4.13. The van der Waals surface area contributed by atoms with Crippen LogP contribution in [-0.4, -0.2) is 34.0 Å². The first kappa shape index (κ1) is 13.5. The number of carboxylic acid groups (broad SMARTS) is 1. The highest BCUT2D eigenvalue weighted by Gasteiger charge is 2.12. The summed E-state index contributed by atoms with van der Waals surface area (Å²) >= 11 is 1.66. The Balaban J connectivity index is 1.83. The van der Waals surface area contributed by atoms with Gasteiger partial charge in [0.05, 0.1) is 18.7 Å². The first-order valence-corrected chi connectivity index (χ1v) is 7.49. The predicted molar refractivity (Wildman–Crippen MR) is 71.8 cm³/mol. The molecule has 1 fully saturated rings. The van der Waals surface area contributed by atoms with E-state index < -0.39 is 5.97 Å². The molecule has 0 saturated carbocycles. The quantitative estimate of drug-likeness (QED) is 0.891. The van der Waals surface area contributed by atoms with E-state index in [2.05, 4.69) is 9.88 Å². The van der Waals surface area contributed by atoms with Crippen molar-refractivity contribution in [1.82, 2.24) is 9.88 Å². The molecule has 4 nitrogen and oxygen atoms in total. The normalized spacial score (nSPS) is 17.6. The summed E-state index contributed by atoms with van der Waals surface area (Å²) in [6, 6.07) is 0. The van der Waals surface area contributed by atoms with Gasteiger partial charge in [-0.2, -0.15) is 0 Å². The van der Waals surface area contributed by atoms with Gasteiger partial charge in [-0.15, -0.1) is 11.3 Å². The minimum absolute atomic E-state index is 0.173. The lowest BCUT2D eigenvalue weighted by molar-refractivity contribution is -0.136. The van der Waals surface area contributed by atoms with Crippen LogP contribution in [0.25, 0.3) is 0 Å². The molecule has 1 aromatic heterocycles. The van der Waals surface area contributed by atoms with Gasteiger partial charge in [-0.1, -0.05) is 12.8 Å². The third kappa shape index (κ3) is 4.38. The molecule has 0 radical (unpaired) electrons. The van der Waals surface area contributed by atoms with Gasteiger partial charge in [0.25, 0.3) is 0 Å². The molecule has 2 rings (SSSR count). The van der Waals surface area contributed by atoms with Crippen LogP contribution in [0.15, 0.2) is 5.38 Å². The van der Waals surface area contributed by atoms with Gasteiger partial charge in [0, 0.05) is 11.8 Å². The highest BCUT2D eigenvalue weighted by Crippen LogP contribution is 2.17. The fraction of sp³-hybridized carbons (Fsp3) is 0.692. The molecule has 0 aliphatic carbocycles. The average molecular weight is 268 g/mol. The van der Waals surface area contributed by atoms with Gasteiger partial charge < -0.3 is 5.11 Å². The van der Waals surface area contributed by atoms with Gasteiger partial charge in [0.2, 0.25) is 0 Å². The summed E-state index contributed by atoms with van der Waals surface area (Å²) < 4.78 is 0. The highest BCUT2D eigenvalue weighted by molar-refractivity contribution is 7.09. The number of thiazole rings is 1. The largest absolute Gasteiger partial charge is 0.481 e. The van der Waals surface area contributed by atoms with E-state index in [0.29, 0.717) is 6.42 Å². The van der Waals surface area contributed by atoms with Crippen LogP contribution in [0.1, 0.15) is 42.8 Å². The van der Waals surface area contributed by atoms with E-state index in [-0.39, 0.29) is 6.42 Å². The second-order valence-electron chi connectivity index (χ2n) is 4.82. The molecular weight excluding hydrogens is 248 g/mol. The maximum atomic E-state index is 10.5. The first-order valence-electron chi connectivity index (χ1n) is 6.61. The number of carbonyl (C=O) groups is 1. The van der Waals surface area contributed by atoms with Crippen molar-refractivity contribution in [3.05, 3.63) is 16.1 Å². The van der Waals surface area contributed by atoms with Gasteiger partial charge >= 0.3 is 5.97 Å². The maximum absolute atomic E-state index is 10.5. The SMILES string of the molecule is O=C(O)CCc1csc(CN2CCCCCC2)n1. The predicted octanol–water partition coefficient (Wildman–Crippen LogP) is 2.54. The molecule has 2 heterocycles. The number of nitrogens with zero attached hydrogens (tertiary/aromatic N) is 2. The molecule has 18 heavy (non-hydrogen) atoms. The number of carboxylic acids is 1. The summed E-state index contributed by atoms with van der Waals surface area (Å²) in [5.41, 5.74) is 0.923. The number of hydrogen-bond acceptors (Lipinski definition) is 4. The number of likely N-dealkylation sites (tertiary alicyclic amines) is 1. The first-order chi connectivity index (χ1) is 8.74. The molecule has 0 atom stereocenters. The summed E-state index contributed by atoms with van der Waals surface area (Å²) in [6.07, 6.45) is 5.99. The standard InChI is InChI=1S/C13H20N2O2S/c16-13(17)6-5-11-10-18-12(14-11)9-15-7-3-1-2-4-8-15/h10H,1-9H2,(H,16,17). The molecule has 0 amide bonds. The van der Waals surface area contributed by atoms with Gasteiger partial charge in [0.15, 0.2) is 0 Å². The van der Waals surface area contributed by atoms with Crippen molar-refractivity contribution in [3.8, 4) is 0 Å². The zero-order valence-corrected chi connectivity index (χ0v) is 11.4. The van der Waals surface area contributed by atoms with Gasteiger partial charge in [-0.3, -0.25) is 9.69 Å². The van der Waals surface area contributed by atoms with Gasteiger partial charge in [0.1, 0.15) is 5.01 Å². The molecule has 1 aliphatic heterocycles. The second kappa shape index (κ2) is 6.85. The minimum Gasteiger partial charge on any atom is -0.481 e. The van der Waals surface area contributed by atoms with Crippen molar-refractivity contribution >= 4 is 17.3 Å². The topological polar surface area (TPSA) is 53.4 Å². The summed E-state index contributed by atoms with van der Waals surface area (Å²) in [6.45, 7) is 3.27. The van der Waals surface area contributed by atoms with Crippen molar-refractivity contribution in [1.29, 1.82) is 0 Å². The fourth-order valence-corrected chi connectivity index (χ4v) is 3.13. The second-order valence-corrected chi connectivity index (χ2v) is 5.76. The van der Waals surface area contributed by atoms with E-state index in [9.17, 15) is 4.79 Å². The summed E-state index contributed by atoms with van der Waals surface area (Å²) in [7, 11) is 0. The van der Waals surface area contributed by atoms with Crippen molar-refractivity contribution < 1.29 is 9.90 Å². The van der Waals surface area contributed by atoms with E-state index in [0.717, 1.165) is 17.2 Å². The molecule has 5 heteroatoms. The molecule has 1 N–H and O–H groups in total. The lowest BCUT2D eigenvalue weighted by Crippen LogP contribution is -2.23. The zero-order valence-electron chi connectivity index (χ0n) is 10.6. The lowest BCUT2D eigenvalue weighted by atomic mass is 10.2. The molecular formula is C13H20N2O2S. The van der Waals surface area contributed by atoms with Crippen molar-refractivity contribution in [2.75, 3.05) is 13.1 Å². The zero-order chi connectivity index (χ0) is 12.8. The van der Waals surface area contributed by atoms with Crippen molar-refractivity contribution in [3.63, 3.8) is 0 Å². The molecule has 0 aromatic carbocycles. The number of aromatic nitrogens is 1. The third-order valence-electron chi connectivity index (χ3n) is 3.25. The van der Waals surface area contributed by atoms with Crippen LogP contribution < -0.4 is 0 Å². The Morgan fingerprint density at radius 2 is 2.06 bits per heavy atom. The molecule has 1 aromatic rings. The smallest absolute Gasteiger partial charge is 0.303 e. The van der Waals surface area contributed by atoms with Crippen LogP contribution in [0, 0.1) is 0 Å². The monoisotopic (exact) mass is 268 g/mol. The summed E-state index contributed by atoms with van der Waals surface area (Å²) in [4.78, 5) is 17.5. The van der Waals surface area contributed by atoms with Crippen molar-refractivity contribution in [2.45, 2.75) is 45.1 Å². The van der Waals surface area contributed by atoms with E-state index in [1.54, 1.807) is 11.3 Å². The van der Waals surface area contributed by atoms with E-state index in [1.807, 2.05) is 5.38 Å². The Morgan fingerprint density at radius 1 is 1.33 bits per heavy atom. The molecule has 0 unspecified atom stereocenters. The number of aryl methyl sites for hydroxylation is 1. The number of hydrogen-bond donors (Lipinski definition) is 1. The summed E-state index contributed by atoms with van der Waals surface area (Å²) in [5, 5.41) is 11.8. The summed E-state index contributed by atoms with van der Waals surface area (Å²) in [5.74, 6) is -0.753. The number of rotatable bonds is 5. The van der Waals surface area contributed by atoms with Crippen LogP contribution in [0.3, 0.4) is 0 Å². The Bertz CT molecular complexity index is 384. The van der Waals surface area contributed by atoms with E-state index in [4.69, 9.17) is 5.11 Å². The average Bonchev–Trinajstić information content (AvgIpc) is 2.62. The van der Waals surface area contributed by atoms with Crippen LogP contribution in [0.2, 0.25) is 0 Å². The molecule has 0 spiro atoms. The Labute approximate surface area is 112 Å². The van der Waals surface area contributed by atoms with Crippen LogP contribution in [0.5, 0.6) is 0 Å². The molecule has 1 aliphatic rings. The Hall–Kier alpha value is -0.940. The van der Waals surface area contributed by atoms with Crippen LogP contribution in [-0.2, 0) is 17.8 Å². The molecule has 100 valence electrons.